The zero-order chi connectivity index (χ0) is 19.1. The molecule has 0 amide bonds. The molecule has 5 nitrogen and oxygen atoms in total. The van der Waals surface area contributed by atoms with Gasteiger partial charge in [0.1, 0.15) is 5.01 Å². The summed E-state index contributed by atoms with van der Waals surface area (Å²) in [6, 6.07) is 10.5. The minimum absolute atomic E-state index is 0. The third-order valence-corrected chi connectivity index (χ3v) is 5.60. The van der Waals surface area contributed by atoms with Gasteiger partial charge in [-0.15, -0.1) is 35.3 Å². The number of nitrogens with one attached hydrogen (secondary N) is 2. The summed E-state index contributed by atoms with van der Waals surface area (Å²) in [5.74, 6) is 1.75. The number of aliphatic imine (C=N–C) groups is 1. The number of thiazole rings is 1. The quantitative estimate of drug-likeness (QED) is 0.319. The van der Waals surface area contributed by atoms with Crippen LogP contribution in [0.1, 0.15) is 55.5 Å². The number of ether oxygens (including phenoxy) is 1. The molecule has 1 aliphatic rings. The van der Waals surface area contributed by atoms with Crippen LogP contribution in [0.3, 0.4) is 0 Å². The molecule has 0 aliphatic carbocycles. The van der Waals surface area contributed by atoms with Crippen LogP contribution < -0.4 is 10.6 Å². The summed E-state index contributed by atoms with van der Waals surface area (Å²) in [6.07, 6.45) is 1.23. The Labute approximate surface area is 189 Å². The zero-order valence-electron chi connectivity index (χ0n) is 16.9. The topological polar surface area (TPSA) is 58.5 Å². The molecule has 2 aromatic rings. The van der Waals surface area contributed by atoms with Crippen LogP contribution in [0.4, 0.5) is 0 Å². The van der Waals surface area contributed by atoms with E-state index in [2.05, 4.69) is 66.0 Å². The Hall–Kier alpha value is -1.19. The van der Waals surface area contributed by atoms with Crippen molar-refractivity contribution in [1.29, 1.82) is 0 Å². The number of hydrogen-bond donors (Lipinski definition) is 2. The molecule has 28 heavy (non-hydrogen) atoms. The van der Waals surface area contributed by atoms with Crippen molar-refractivity contribution in [1.82, 2.24) is 15.6 Å². The van der Waals surface area contributed by atoms with Gasteiger partial charge in [0.05, 0.1) is 18.3 Å². The monoisotopic (exact) mass is 514 g/mol. The van der Waals surface area contributed by atoms with Gasteiger partial charge in [0.15, 0.2) is 5.96 Å². The van der Waals surface area contributed by atoms with Crippen molar-refractivity contribution in [2.24, 2.45) is 10.9 Å². The summed E-state index contributed by atoms with van der Waals surface area (Å²) in [5.41, 5.74) is 2.41. The first-order valence-electron chi connectivity index (χ1n) is 9.80. The normalized spacial score (nSPS) is 19.5. The van der Waals surface area contributed by atoms with E-state index in [0.29, 0.717) is 18.4 Å². The Balaban J connectivity index is 0.00000280. The van der Waals surface area contributed by atoms with Crippen molar-refractivity contribution in [3.8, 4) is 0 Å². The smallest absolute Gasteiger partial charge is 0.191 e. The summed E-state index contributed by atoms with van der Waals surface area (Å²) in [5, 5.41) is 10.0. The molecule has 2 heterocycles. The Morgan fingerprint density at radius 2 is 2.07 bits per heavy atom. The molecular weight excluding hydrogens is 483 g/mol. The average Bonchev–Trinajstić information content (AvgIpc) is 3.34. The van der Waals surface area contributed by atoms with Gasteiger partial charge in [-0.2, -0.15) is 0 Å². The van der Waals surface area contributed by atoms with E-state index in [4.69, 9.17) is 9.73 Å². The van der Waals surface area contributed by atoms with Gasteiger partial charge in [0, 0.05) is 31.0 Å². The maximum absolute atomic E-state index is 5.99. The number of guanidine groups is 1. The average molecular weight is 514 g/mol. The highest BCUT2D eigenvalue weighted by Gasteiger charge is 2.29. The number of aromatic nitrogens is 1. The molecule has 0 spiro atoms. The van der Waals surface area contributed by atoms with Gasteiger partial charge in [-0.25, -0.2) is 9.98 Å². The highest BCUT2D eigenvalue weighted by molar-refractivity contribution is 14.0. The highest BCUT2D eigenvalue weighted by atomic mass is 127. The van der Waals surface area contributed by atoms with Crippen molar-refractivity contribution in [2.45, 2.75) is 45.8 Å². The van der Waals surface area contributed by atoms with E-state index in [0.717, 1.165) is 42.8 Å². The molecular formula is C21H31IN4OS. The minimum atomic E-state index is 0. The summed E-state index contributed by atoms with van der Waals surface area (Å²) >= 11 is 1.69. The third kappa shape index (κ3) is 6.42. The Morgan fingerprint density at radius 1 is 1.29 bits per heavy atom. The van der Waals surface area contributed by atoms with E-state index < -0.39 is 0 Å². The summed E-state index contributed by atoms with van der Waals surface area (Å²) in [6.45, 7) is 9.53. The molecule has 2 atom stereocenters. The van der Waals surface area contributed by atoms with Crippen molar-refractivity contribution < 1.29 is 4.74 Å². The first kappa shape index (κ1) is 23.1. The van der Waals surface area contributed by atoms with E-state index in [9.17, 15) is 0 Å². The minimum Gasteiger partial charge on any atom is -0.373 e. The second-order valence-electron chi connectivity index (χ2n) is 7.15. The lowest BCUT2D eigenvalue weighted by Crippen LogP contribution is -2.40. The predicted octanol–water partition coefficient (Wildman–Crippen LogP) is 4.72. The highest BCUT2D eigenvalue weighted by Crippen LogP contribution is 2.33. The zero-order valence-corrected chi connectivity index (χ0v) is 20.0. The number of rotatable bonds is 7. The van der Waals surface area contributed by atoms with Crippen molar-refractivity contribution >= 4 is 41.3 Å². The van der Waals surface area contributed by atoms with Gasteiger partial charge < -0.3 is 15.4 Å². The number of halogens is 1. The van der Waals surface area contributed by atoms with Crippen LogP contribution in [-0.4, -0.2) is 30.6 Å². The van der Waals surface area contributed by atoms with Crippen molar-refractivity contribution in [2.75, 3.05) is 19.7 Å². The fraction of sp³-hybridized carbons (Fsp3) is 0.524. The maximum Gasteiger partial charge on any atom is 0.191 e. The fourth-order valence-electron chi connectivity index (χ4n) is 3.23. The first-order chi connectivity index (χ1) is 13.2. The number of hydrogen-bond acceptors (Lipinski definition) is 4. The molecule has 1 aromatic carbocycles. The second-order valence-corrected chi connectivity index (χ2v) is 8.09. The SMILES string of the molecule is CCNC(=NCc1nc(C(C)C)cs1)NCC1CCOC1c1ccccc1.I. The van der Waals surface area contributed by atoms with Crippen LogP contribution in [-0.2, 0) is 11.3 Å². The van der Waals surface area contributed by atoms with Gasteiger partial charge in [-0.1, -0.05) is 44.2 Å². The molecule has 1 aromatic heterocycles. The van der Waals surface area contributed by atoms with Gasteiger partial charge in [0.25, 0.3) is 0 Å². The lowest BCUT2D eigenvalue weighted by atomic mass is 9.95. The number of benzene rings is 1. The molecule has 2 N–H and O–H groups in total. The van der Waals surface area contributed by atoms with E-state index in [-0.39, 0.29) is 30.1 Å². The Morgan fingerprint density at radius 3 is 2.75 bits per heavy atom. The van der Waals surface area contributed by atoms with Crippen LogP contribution in [0.2, 0.25) is 0 Å². The molecule has 1 fully saturated rings. The molecule has 0 bridgehead atoms. The van der Waals surface area contributed by atoms with Crippen molar-refractivity contribution in [3.63, 3.8) is 0 Å². The van der Waals surface area contributed by atoms with Gasteiger partial charge >= 0.3 is 0 Å². The fourth-order valence-corrected chi connectivity index (χ4v) is 4.11. The predicted molar refractivity (Wildman–Crippen MR) is 128 cm³/mol. The summed E-state index contributed by atoms with van der Waals surface area (Å²) < 4.78 is 5.99. The van der Waals surface area contributed by atoms with Crippen molar-refractivity contribution in [3.05, 3.63) is 52.0 Å². The lowest BCUT2D eigenvalue weighted by molar-refractivity contribution is 0.0915. The number of nitrogens with zero attached hydrogens (tertiary/aromatic N) is 2. The van der Waals surface area contributed by atoms with E-state index >= 15 is 0 Å². The molecule has 1 saturated heterocycles. The Kier molecular flexibility index (Phi) is 9.67. The molecule has 1 aliphatic heterocycles. The standard InChI is InChI=1S/C21H30N4OS.HI/c1-4-22-21(24-13-19-25-18(14-27-19)15(2)3)23-12-17-10-11-26-20(17)16-8-6-5-7-9-16;/h5-9,14-15,17,20H,4,10-13H2,1-3H3,(H2,22,23,24);1H. The molecule has 7 heteroatoms. The van der Waals surface area contributed by atoms with Crippen LogP contribution >= 0.6 is 35.3 Å². The van der Waals surface area contributed by atoms with E-state index in [1.165, 1.54) is 5.56 Å². The molecule has 0 saturated carbocycles. The molecule has 2 unspecified atom stereocenters. The Bertz CT molecular complexity index is 735. The van der Waals surface area contributed by atoms with Gasteiger partial charge in [-0.05, 0) is 24.8 Å². The van der Waals surface area contributed by atoms with Crippen LogP contribution in [0.5, 0.6) is 0 Å². The van der Waals surface area contributed by atoms with Crippen LogP contribution in [0, 0.1) is 5.92 Å². The van der Waals surface area contributed by atoms with E-state index in [1.54, 1.807) is 11.3 Å². The van der Waals surface area contributed by atoms with E-state index in [1.807, 2.05) is 6.07 Å². The van der Waals surface area contributed by atoms with Crippen LogP contribution in [0.25, 0.3) is 0 Å². The third-order valence-electron chi connectivity index (χ3n) is 4.75. The molecule has 154 valence electrons. The molecule has 3 rings (SSSR count). The second kappa shape index (κ2) is 11.7. The summed E-state index contributed by atoms with van der Waals surface area (Å²) in [7, 11) is 0. The lowest BCUT2D eigenvalue weighted by Gasteiger charge is -2.20. The summed E-state index contributed by atoms with van der Waals surface area (Å²) in [4.78, 5) is 9.38. The molecule has 0 radical (unpaired) electrons. The maximum atomic E-state index is 5.99. The van der Waals surface area contributed by atoms with Gasteiger partial charge in [0.2, 0.25) is 0 Å². The van der Waals surface area contributed by atoms with Gasteiger partial charge in [-0.3, -0.25) is 0 Å². The first-order valence-corrected chi connectivity index (χ1v) is 10.7. The largest absolute Gasteiger partial charge is 0.373 e. The van der Waals surface area contributed by atoms with Crippen LogP contribution in [0.15, 0.2) is 40.7 Å².